The number of anilines is 1. The quantitative estimate of drug-likeness (QED) is 0.869. The van der Waals surface area contributed by atoms with Crippen molar-refractivity contribution >= 4 is 5.69 Å². The van der Waals surface area contributed by atoms with Crippen molar-refractivity contribution < 1.29 is 0 Å². The van der Waals surface area contributed by atoms with Gasteiger partial charge in [0.15, 0.2) is 0 Å². The van der Waals surface area contributed by atoms with Gasteiger partial charge in [-0.2, -0.15) is 0 Å². The molecule has 0 aliphatic heterocycles. The second-order valence-electron chi connectivity index (χ2n) is 5.77. The zero-order chi connectivity index (χ0) is 14.4. The van der Waals surface area contributed by atoms with Gasteiger partial charge in [0.1, 0.15) is 0 Å². The molecule has 2 rings (SSSR count). The lowest BCUT2D eigenvalue weighted by atomic mass is 9.94. The summed E-state index contributed by atoms with van der Waals surface area (Å²) in [5, 5.41) is 0. The van der Waals surface area contributed by atoms with E-state index in [9.17, 15) is 4.79 Å². The molecular weight excluding hydrogens is 250 g/mol. The van der Waals surface area contributed by atoms with E-state index in [4.69, 9.17) is 5.73 Å². The zero-order valence-corrected chi connectivity index (χ0v) is 12.6. The molecule has 112 valence electrons. The van der Waals surface area contributed by atoms with Crippen LogP contribution in [0.15, 0.2) is 23.1 Å². The second-order valence-corrected chi connectivity index (χ2v) is 5.77. The average molecular weight is 277 g/mol. The van der Waals surface area contributed by atoms with Gasteiger partial charge in [0, 0.05) is 37.1 Å². The van der Waals surface area contributed by atoms with Gasteiger partial charge >= 0.3 is 0 Å². The Balaban J connectivity index is 1.84. The Morgan fingerprint density at radius 3 is 2.75 bits per heavy atom. The lowest BCUT2D eigenvalue weighted by Crippen LogP contribution is -2.37. The Kier molecular flexibility index (Phi) is 5.65. The first-order valence-electron chi connectivity index (χ1n) is 7.90. The Bertz CT molecular complexity index is 463. The van der Waals surface area contributed by atoms with Gasteiger partial charge < -0.3 is 15.2 Å². The van der Waals surface area contributed by atoms with Crippen molar-refractivity contribution in [2.24, 2.45) is 0 Å². The van der Waals surface area contributed by atoms with Gasteiger partial charge in [0.25, 0.3) is 5.56 Å². The van der Waals surface area contributed by atoms with Crippen molar-refractivity contribution in [3.63, 3.8) is 0 Å². The van der Waals surface area contributed by atoms with E-state index in [1.54, 1.807) is 22.9 Å². The summed E-state index contributed by atoms with van der Waals surface area (Å²) in [5.41, 5.74) is 6.43. The van der Waals surface area contributed by atoms with Gasteiger partial charge in [-0.1, -0.05) is 26.2 Å². The molecule has 0 radical (unpaired) electrons. The minimum absolute atomic E-state index is 0.0416. The van der Waals surface area contributed by atoms with Crippen LogP contribution >= 0.6 is 0 Å². The maximum atomic E-state index is 11.7. The highest BCUT2D eigenvalue weighted by atomic mass is 16.1. The van der Waals surface area contributed by atoms with Gasteiger partial charge in [-0.25, -0.2) is 0 Å². The summed E-state index contributed by atoms with van der Waals surface area (Å²) in [6.45, 7) is 5.17. The van der Waals surface area contributed by atoms with Crippen molar-refractivity contribution in [3.05, 3.63) is 28.7 Å². The number of aromatic nitrogens is 1. The molecule has 2 N–H and O–H groups in total. The van der Waals surface area contributed by atoms with Gasteiger partial charge in [-0.3, -0.25) is 4.79 Å². The van der Waals surface area contributed by atoms with Gasteiger partial charge in [-0.15, -0.1) is 0 Å². The van der Waals surface area contributed by atoms with Crippen LogP contribution in [0.2, 0.25) is 0 Å². The van der Waals surface area contributed by atoms with Crippen LogP contribution in [0, 0.1) is 0 Å². The highest BCUT2D eigenvalue weighted by molar-refractivity contribution is 5.33. The fourth-order valence-electron chi connectivity index (χ4n) is 3.21. The van der Waals surface area contributed by atoms with Crippen LogP contribution in [-0.4, -0.2) is 28.6 Å². The summed E-state index contributed by atoms with van der Waals surface area (Å²) in [4.78, 5) is 14.3. The first-order chi connectivity index (χ1) is 9.70. The summed E-state index contributed by atoms with van der Waals surface area (Å²) in [6, 6.07) is 3.97. The summed E-state index contributed by atoms with van der Waals surface area (Å²) < 4.78 is 1.73. The molecule has 1 aliphatic carbocycles. The highest BCUT2D eigenvalue weighted by Crippen LogP contribution is 2.22. The van der Waals surface area contributed by atoms with Gasteiger partial charge in [0.2, 0.25) is 0 Å². The molecule has 0 aromatic carbocycles. The van der Waals surface area contributed by atoms with Crippen molar-refractivity contribution in [1.82, 2.24) is 9.47 Å². The average Bonchev–Trinajstić information content (AvgIpc) is 2.48. The van der Waals surface area contributed by atoms with Crippen molar-refractivity contribution in [2.45, 2.75) is 58.0 Å². The van der Waals surface area contributed by atoms with E-state index in [-0.39, 0.29) is 5.56 Å². The van der Waals surface area contributed by atoms with Crippen LogP contribution in [-0.2, 0) is 6.54 Å². The first kappa shape index (κ1) is 15.1. The molecule has 0 spiro atoms. The number of nitrogens with two attached hydrogens (primary N) is 1. The minimum atomic E-state index is 0.0416. The Labute approximate surface area is 121 Å². The molecule has 0 unspecified atom stereocenters. The van der Waals surface area contributed by atoms with Crippen molar-refractivity contribution in [1.29, 1.82) is 0 Å². The SMILES string of the molecule is CCN(CCCn1cc(N)ccc1=O)C1CCCCC1. The third-order valence-corrected chi connectivity index (χ3v) is 4.35. The van der Waals surface area contributed by atoms with E-state index < -0.39 is 0 Å². The van der Waals surface area contributed by atoms with E-state index in [0.29, 0.717) is 5.69 Å². The number of rotatable bonds is 6. The van der Waals surface area contributed by atoms with Crippen LogP contribution in [0.3, 0.4) is 0 Å². The molecule has 1 aliphatic rings. The van der Waals surface area contributed by atoms with Crippen molar-refractivity contribution in [3.8, 4) is 0 Å². The van der Waals surface area contributed by atoms with Gasteiger partial charge in [-0.05, 0) is 31.9 Å². The number of hydrogen-bond donors (Lipinski definition) is 1. The minimum Gasteiger partial charge on any atom is -0.398 e. The van der Waals surface area contributed by atoms with E-state index >= 15 is 0 Å². The maximum Gasteiger partial charge on any atom is 0.250 e. The number of aryl methyl sites for hydroxylation is 1. The van der Waals surface area contributed by atoms with Gasteiger partial charge in [0.05, 0.1) is 0 Å². The van der Waals surface area contributed by atoms with E-state index in [1.165, 1.54) is 32.1 Å². The molecule has 4 nitrogen and oxygen atoms in total. The normalized spacial score (nSPS) is 16.7. The molecular formula is C16H27N3O. The van der Waals surface area contributed by atoms with E-state index in [1.807, 2.05) is 0 Å². The van der Waals surface area contributed by atoms with Crippen molar-refractivity contribution in [2.75, 3.05) is 18.8 Å². The van der Waals surface area contributed by atoms with Crippen LogP contribution in [0.25, 0.3) is 0 Å². The second kappa shape index (κ2) is 7.48. The zero-order valence-electron chi connectivity index (χ0n) is 12.6. The Hall–Kier alpha value is -1.29. The molecule has 0 saturated heterocycles. The lowest BCUT2D eigenvalue weighted by molar-refractivity contribution is 0.159. The molecule has 0 atom stereocenters. The standard InChI is InChI=1S/C16H27N3O/c1-2-18(15-7-4-3-5-8-15)11-6-12-19-13-14(17)9-10-16(19)20/h9-10,13,15H,2-8,11-12,17H2,1H3. The smallest absolute Gasteiger partial charge is 0.250 e. The predicted octanol–water partition coefficient (Wildman–Crippen LogP) is 2.48. The monoisotopic (exact) mass is 277 g/mol. The molecule has 0 amide bonds. The Morgan fingerprint density at radius 1 is 1.30 bits per heavy atom. The number of hydrogen-bond acceptors (Lipinski definition) is 3. The lowest BCUT2D eigenvalue weighted by Gasteiger charge is -2.33. The predicted molar refractivity (Wildman–Crippen MR) is 83.9 cm³/mol. The van der Waals surface area contributed by atoms with Crippen LogP contribution in [0.5, 0.6) is 0 Å². The van der Waals surface area contributed by atoms with Crippen LogP contribution in [0.1, 0.15) is 45.4 Å². The van der Waals surface area contributed by atoms with Crippen LogP contribution < -0.4 is 11.3 Å². The molecule has 1 aromatic heterocycles. The third-order valence-electron chi connectivity index (χ3n) is 4.35. The molecule has 1 fully saturated rings. The largest absolute Gasteiger partial charge is 0.398 e. The summed E-state index contributed by atoms with van der Waals surface area (Å²) >= 11 is 0. The van der Waals surface area contributed by atoms with E-state index in [2.05, 4.69) is 11.8 Å². The third kappa shape index (κ3) is 4.10. The first-order valence-corrected chi connectivity index (χ1v) is 7.90. The number of nitrogen functional groups attached to an aromatic ring is 1. The summed E-state index contributed by atoms with van der Waals surface area (Å²) in [5.74, 6) is 0. The molecule has 0 bridgehead atoms. The molecule has 4 heteroatoms. The number of nitrogens with zero attached hydrogens (tertiary/aromatic N) is 2. The molecule has 1 aromatic rings. The molecule has 1 heterocycles. The Morgan fingerprint density at radius 2 is 2.05 bits per heavy atom. The number of pyridine rings is 1. The molecule has 1 saturated carbocycles. The fraction of sp³-hybridized carbons (Fsp3) is 0.688. The highest BCUT2D eigenvalue weighted by Gasteiger charge is 2.19. The summed E-state index contributed by atoms with van der Waals surface area (Å²) in [6.07, 6.45) is 9.57. The van der Waals surface area contributed by atoms with E-state index in [0.717, 1.165) is 32.1 Å². The maximum absolute atomic E-state index is 11.7. The molecule has 20 heavy (non-hydrogen) atoms. The topological polar surface area (TPSA) is 51.3 Å². The van der Waals surface area contributed by atoms with Crippen LogP contribution in [0.4, 0.5) is 5.69 Å². The summed E-state index contributed by atoms with van der Waals surface area (Å²) in [7, 11) is 0. The fourth-order valence-corrected chi connectivity index (χ4v) is 3.21.